The first-order chi connectivity index (χ1) is 17.5. The highest BCUT2D eigenvalue weighted by atomic mass is 35.5. The normalized spacial score (nSPS) is 17.1. The highest BCUT2D eigenvalue weighted by Crippen LogP contribution is 2.44. The molecule has 0 saturated carbocycles. The number of phenolic OH excluding ortho intramolecular Hbond substituents is 1. The number of carbonyl (C=O) groups is 2. The van der Waals surface area contributed by atoms with Crippen molar-refractivity contribution in [2.45, 2.75) is 46.6 Å². The summed E-state index contributed by atoms with van der Waals surface area (Å²) >= 11 is 6.23. The van der Waals surface area contributed by atoms with Crippen LogP contribution in [0.4, 0.5) is 5.69 Å². The molecule has 2 N–H and O–H groups in total. The molecule has 0 aliphatic carbocycles. The molecule has 4 rings (SSSR count). The van der Waals surface area contributed by atoms with Gasteiger partial charge in [-0.05, 0) is 91.4 Å². The summed E-state index contributed by atoms with van der Waals surface area (Å²) in [6.45, 7) is 10.2. The number of ketones is 1. The number of nitrogens with zero attached hydrogens (tertiary/aromatic N) is 1. The second kappa shape index (κ2) is 10.3. The number of aryl methyl sites for hydroxylation is 2. The fourth-order valence-corrected chi connectivity index (χ4v) is 4.98. The summed E-state index contributed by atoms with van der Waals surface area (Å²) in [5, 5.41) is 21.6. The largest absolute Gasteiger partial charge is 0.507 e. The molecule has 192 valence electrons. The summed E-state index contributed by atoms with van der Waals surface area (Å²) in [6, 6.07) is 14.4. The molecular weight excluding hydrogens is 490 g/mol. The van der Waals surface area contributed by atoms with Crippen molar-refractivity contribution in [3.05, 3.63) is 93.0 Å². The van der Waals surface area contributed by atoms with Crippen molar-refractivity contribution in [1.29, 1.82) is 0 Å². The number of hydrogen-bond acceptors (Lipinski definition) is 5. The van der Waals surface area contributed by atoms with Crippen LogP contribution in [0.15, 0.2) is 60.2 Å². The van der Waals surface area contributed by atoms with Crippen molar-refractivity contribution in [2.24, 2.45) is 0 Å². The number of aliphatic hydroxyl groups is 1. The highest BCUT2D eigenvalue weighted by Gasteiger charge is 2.47. The monoisotopic (exact) mass is 519 g/mol. The number of carbonyl (C=O) groups excluding carboxylic acids is 2. The van der Waals surface area contributed by atoms with Gasteiger partial charge in [-0.1, -0.05) is 37.6 Å². The lowest BCUT2D eigenvalue weighted by Gasteiger charge is -2.26. The van der Waals surface area contributed by atoms with Crippen LogP contribution in [0.5, 0.6) is 11.5 Å². The standard InChI is InChI=1S/C30H30ClNO5/c1-6-37-25-10-8-20(14-22(25)16(2)3)28(34)26-27(19-7-9-24(33)23(31)15-19)32(30(36)29(26)35)21-12-17(4)11-18(5)13-21/h7-16,27,33-34H,6H2,1-5H3/b28-26-. The van der Waals surface area contributed by atoms with Crippen LogP contribution in [0.25, 0.3) is 5.76 Å². The summed E-state index contributed by atoms with van der Waals surface area (Å²) in [4.78, 5) is 28.3. The number of amides is 1. The van der Waals surface area contributed by atoms with Gasteiger partial charge in [0, 0.05) is 11.3 Å². The van der Waals surface area contributed by atoms with Gasteiger partial charge in [0.05, 0.1) is 23.2 Å². The van der Waals surface area contributed by atoms with E-state index in [0.717, 1.165) is 16.7 Å². The minimum Gasteiger partial charge on any atom is -0.507 e. The van der Waals surface area contributed by atoms with Gasteiger partial charge in [0.15, 0.2) is 0 Å². The molecule has 1 aliphatic heterocycles. The smallest absolute Gasteiger partial charge is 0.300 e. The van der Waals surface area contributed by atoms with Crippen LogP contribution < -0.4 is 9.64 Å². The number of aromatic hydroxyl groups is 1. The van der Waals surface area contributed by atoms with Gasteiger partial charge in [0.2, 0.25) is 0 Å². The van der Waals surface area contributed by atoms with Crippen molar-refractivity contribution in [1.82, 2.24) is 0 Å². The minimum atomic E-state index is -0.951. The quantitative estimate of drug-likeness (QED) is 0.212. The lowest BCUT2D eigenvalue weighted by molar-refractivity contribution is -0.132. The van der Waals surface area contributed by atoms with Crippen LogP contribution in [-0.2, 0) is 9.59 Å². The van der Waals surface area contributed by atoms with E-state index < -0.39 is 17.7 Å². The first-order valence-electron chi connectivity index (χ1n) is 12.2. The van der Waals surface area contributed by atoms with E-state index in [1.165, 1.54) is 17.0 Å². The van der Waals surface area contributed by atoms with Gasteiger partial charge < -0.3 is 14.9 Å². The molecule has 0 bridgehead atoms. The van der Waals surface area contributed by atoms with Crippen LogP contribution in [-0.4, -0.2) is 28.5 Å². The number of ether oxygens (including phenoxy) is 1. The number of anilines is 1. The van der Waals surface area contributed by atoms with E-state index in [2.05, 4.69) is 0 Å². The summed E-state index contributed by atoms with van der Waals surface area (Å²) < 4.78 is 5.74. The highest BCUT2D eigenvalue weighted by molar-refractivity contribution is 6.51. The van der Waals surface area contributed by atoms with Crippen LogP contribution in [0.3, 0.4) is 0 Å². The summed E-state index contributed by atoms with van der Waals surface area (Å²) in [5.41, 5.74) is 4.09. The van der Waals surface area contributed by atoms with Crippen LogP contribution >= 0.6 is 11.6 Å². The fourth-order valence-electron chi connectivity index (χ4n) is 4.79. The van der Waals surface area contributed by atoms with Crippen LogP contribution in [0, 0.1) is 13.8 Å². The molecule has 3 aromatic rings. The van der Waals surface area contributed by atoms with E-state index in [1.807, 2.05) is 52.8 Å². The zero-order chi connectivity index (χ0) is 27.0. The first-order valence-corrected chi connectivity index (χ1v) is 12.6. The molecule has 37 heavy (non-hydrogen) atoms. The number of aliphatic hydroxyl groups excluding tert-OH is 1. The van der Waals surface area contributed by atoms with Crippen molar-refractivity contribution in [3.8, 4) is 11.5 Å². The molecule has 1 unspecified atom stereocenters. The van der Waals surface area contributed by atoms with Crippen molar-refractivity contribution in [2.75, 3.05) is 11.5 Å². The third-order valence-electron chi connectivity index (χ3n) is 6.42. The molecule has 1 atom stereocenters. The first kappa shape index (κ1) is 26.3. The zero-order valence-corrected chi connectivity index (χ0v) is 22.3. The molecule has 7 heteroatoms. The van der Waals surface area contributed by atoms with Gasteiger partial charge in [0.25, 0.3) is 11.7 Å². The molecule has 1 fully saturated rings. The predicted octanol–water partition coefficient (Wildman–Crippen LogP) is 6.81. The average molecular weight is 520 g/mol. The van der Waals surface area contributed by atoms with Gasteiger partial charge in [0.1, 0.15) is 17.3 Å². The number of Topliss-reactive ketones (excluding diaryl/α,β-unsaturated/α-hetero) is 1. The Kier molecular flexibility index (Phi) is 7.32. The molecule has 1 amide bonds. The van der Waals surface area contributed by atoms with Crippen molar-refractivity contribution >= 4 is 34.7 Å². The average Bonchev–Trinajstić information content (AvgIpc) is 3.10. The van der Waals surface area contributed by atoms with E-state index in [-0.39, 0.29) is 28.0 Å². The second-order valence-electron chi connectivity index (χ2n) is 9.57. The Balaban J connectivity index is 1.97. The van der Waals surface area contributed by atoms with Gasteiger partial charge in [-0.15, -0.1) is 0 Å². The predicted molar refractivity (Wildman–Crippen MR) is 146 cm³/mol. The number of hydrogen-bond donors (Lipinski definition) is 2. The number of rotatable bonds is 6. The van der Waals surface area contributed by atoms with Crippen molar-refractivity contribution in [3.63, 3.8) is 0 Å². The Morgan fingerprint density at radius 2 is 1.70 bits per heavy atom. The van der Waals surface area contributed by atoms with E-state index in [4.69, 9.17) is 16.3 Å². The maximum atomic E-state index is 13.5. The Hall–Kier alpha value is -3.77. The molecule has 1 heterocycles. The van der Waals surface area contributed by atoms with Crippen LogP contribution in [0.2, 0.25) is 5.02 Å². The Morgan fingerprint density at radius 1 is 1.03 bits per heavy atom. The Bertz CT molecular complexity index is 1410. The van der Waals surface area contributed by atoms with E-state index in [1.54, 1.807) is 24.3 Å². The number of benzene rings is 3. The van der Waals surface area contributed by atoms with Gasteiger partial charge in [-0.2, -0.15) is 0 Å². The maximum Gasteiger partial charge on any atom is 0.300 e. The van der Waals surface area contributed by atoms with E-state index >= 15 is 0 Å². The Labute approximate surface area is 221 Å². The third kappa shape index (κ3) is 4.94. The molecule has 0 radical (unpaired) electrons. The molecular formula is C30H30ClNO5. The lowest BCUT2D eigenvalue weighted by Crippen LogP contribution is -2.29. The lowest BCUT2D eigenvalue weighted by atomic mass is 9.93. The number of halogens is 1. The summed E-state index contributed by atoms with van der Waals surface area (Å²) in [7, 11) is 0. The summed E-state index contributed by atoms with van der Waals surface area (Å²) in [6.07, 6.45) is 0. The molecule has 0 aromatic heterocycles. The number of phenols is 1. The van der Waals surface area contributed by atoms with Gasteiger partial charge in [-0.3, -0.25) is 14.5 Å². The third-order valence-corrected chi connectivity index (χ3v) is 6.72. The Morgan fingerprint density at radius 3 is 2.30 bits per heavy atom. The van der Waals surface area contributed by atoms with E-state index in [0.29, 0.717) is 29.2 Å². The van der Waals surface area contributed by atoms with Gasteiger partial charge in [-0.25, -0.2) is 0 Å². The van der Waals surface area contributed by atoms with Crippen molar-refractivity contribution < 1.29 is 24.5 Å². The zero-order valence-electron chi connectivity index (χ0n) is 21.5. The molecule has 1 saturated heterocycles. The minimum absolute atomic E-state index is 0.0511. The van der Waals surface area contributed by atoms with Gasteiger partial charge >= 0.3 is 0 Å². The summed E-state index contributed by atoms with van der Waals surface area (Å²) in [5.74, 6) is -1.17. The molecule has 6 nitrogen and oxygen atoms in total. The SMILES string of the molecule is CCOc1ccc(/C(O)=C2/C(=O)C(=O)N(c3cc(C)cc(C)c3)C2c2ccc(O)c(Cl)c2)cc1C(C)C. The maximum absolute atomic E-state index is 13.5. The molecule has 3 aromatic carbocycles. The fraction of sp³-hybridized carbons (Fsp3) is 0.267. The molecule has 0 spiro atoms. The van der Waals surface area contributed by atoms with Crippen LogP contribution in [0.1, 0.15) is 60.5 Å². The molecule has 1 aliphatic rings. The van der Waals surface area contributed by atoms with E-state index in [9.17, 15) is 19.8 Å². The topological polar surface area (TPSA) is 87.1 Å². The second-order valence-corrected chi connectivity index (χ2v) is 9.97.